The van der Waals surface area contributed by atoms with Gasteiger partial charge in [0.1, 0.15) is 11.9 Å². The van der Waals surface area contributed by atoms with E-state index >= 15 is 0 Å². The molecule has 4 heteroatoms. The number of pyridine rings is 1. The summed E-state index contributed by atoms with van der Waals surface area (Å²) in [5.41, 5.74) is 0.635. The molecular formula is C17H18N2O2. The lowest BCUT2D eigenvalue weighted by Crippen LogP contribution is -2.42. The lowest BCUT2D eigenvalue weighted by Gasteiger charge is -2.22. The average molecular weight is 282 g/mol. The molecule has 21 heavy (non-hydrogen) atoms. The van der Waals surface area contributed by atoms with Crippen molar-refractivity contribution >= 4 is 5.91 Å². The Morgan fingerprint density at radius 1 is 1.10 bits per heavy atom. The lowest BCUT2D eigenvalue weighted by atomic mass is 10.2. The number of para-hydroxylation sites is 1. The summed E-state index contributed by atoms with van der Waals surface area (Å²) in [7, 11) is 0. The molecule has 108 valence electrons. The minimum atomic E-state index is -0.0639. The van der Waals surface area contributed by atoms with E-state index in [1.165, 1.54) is 0 Å². The van der Waals surface area contributed by atoms with E-state index < -0.39 is 0 Å². The Labute approximate surface area is 124 Å². The van der Waals surface area contributed by atoms with Crippen LogP contribution < -0.4 is 10.1 Å². The fourth-order valence-electron chi connectivity index (χ4n) is 2.66. The highest BCUT2D eigenvalue weighted by Crippen LogP contribution is 2.24. The van der Waals surface area contributed by atoms with Crippen molar-refractivity contribution < 1.29 is 9.53 Å². The molecule has 1 aromatic carbocycles. The molecule has 1 saturated carbocycles. The Bertz CT molecular complexity index is 586. The third-order valence-electron chi connectivity index (χ3n) is 3.74. The van der Waals surface area contributed by atoms with Gasteiger partial charge in [0, 0.05) is 18.0 Å². The smallest absolute Gasteiger partial charge is 0.251 e. The molecule has 3 rings (SSSR count). The van der Waals surface area contributed by atoms with E-state index in [4.69, 9.17) is 4.74 Å². The van der Waals surface area contributed by atoms with Crippen molar-refractivity contribution in [2.24, 2.45) is 0 Å². The molecule has 0 bridgehead atoms. The van der Waals surface area contributed by atoms with Crippen molar-refractivity contribution in [3.05, 3.63) is 60.4 Å². The maximum Gasteiger partial charge on any atom is 0.251 e. The molecule has 0 unspecified atom stereocenters. The van der Waals surface area contributed by atoms with Gasteiger partial charge < -0.3 is 10.1 Å². The second kappa shape index (κ2) is 6.39. The van der Waals surface area contributed by atoms with Gasteiger partial charge in [-0.3, -0.25) is 9.78 Å². The van der Waals surface area contributed by atoms with Crippen LogP contribution >= 0.6 is 0 Å². The van der Waals surface area contributed by atoms with Crippen LogP contribution in [0.4, 0.5) is 0 Å². The minimum absolute atomic E-state index is 0.0400. The van der Waals surface area contributed by atoms with Crippen LogP contribution in [0.15, 0.2) is 54.9 Å². The Balaban J connectivity index is 1.63. The highest BCUT2D eigenvalue weighted by molar-refractivity contribution is 5.94. The molecular weight excluding hydrogens is 264 g/mol. The molecule has 1 fully saturated rings. The van der Waals surface area contributed by atoms with Gasteiger partial charge in [-0.15, -0.1) is 0 Å². The number of carbonyl (C=O) groups is 1. The van der Waals surface area contributed by atoms with Gasteiger partial charge in [0.15, 0.2) is 0 Å². The van der Waals surface area contributed by atoms with Crippen molar-refractivity contribution in [2.75, 3.05) is 0 Å². The first-order valence-electron chi connectivity index (χ1n) is 7.25. The summed E-state index contributed by atoms with van der Waals surface area (Å²) in [5.74, 6) is 0.790. The number of rotatable bonds is 4. The molecule has 1 N–H and O–H groups in total. The normalized spacial score (nSPS) is 21.0. The number of aromatic nitrogens is 1. The summed E-state index contributed by atoms with van der Waals surface area (Å²) in [6, 6.07) is 13.3. The highest BCUT2D eigenvalue weighted by atomic mass is 16.5. The number of ether oxygens (including phenoxy) is 1. The van der Waals surface area contributed by atoms with Gasteiger partial charge >= 0.3 is 0 Å². The van der Waals surface area contributed by atoms with Crippen molar-refractivity contribution in [1.82, 2.24) is 10.3 Å². The van der Waals surface area contributed by atoms with Crippen LogP contribution in [0, 0.1) is 0 Å². The van der Waals surface area contributed by atoms with Gasteiger partial charge in [-0.2, -0.15) is 0 Å². The molecule has 0 spiro atoms. The summed E-state index contributed by atoms with van der Waals surface area (Å²) in [6.45, 7) is 0. The number of carbonyl (C=O) groups excluding carboxylic acids is 1. The second-order valence-electron chi connectivity index (χ2n) is 5.22. The molecule has 4 nitrogen and oxygen atoms in total. The van der Waals surface area contributed by atoms with E-state index in [-0.39, 0.29) is 18.1 Å². The molecule has 1 amide bonds. The Kier molecular flexibility index (Phi) is 4.15. The first kappa shape index (κ1) is 13.6. The molecule has 2 atom stereocenters. The molecule has 1 heterocycles. The van der Waals surface area contributed by atoms with E-state index in [0.29, 0.717) is 5.56 Å². The Morgan fingerprint density at radius 3 is 2.62 bits per heavy atom. The fourth-order valence-corrected chi connectivity index (χ4v) is 2.66. The fraction of sp³-hybridized carbons (Fsp3) is 0.294. The van der Waals surface area contributed by atoms with Gasteiger partial charge in [-0.25, -0.2) is 0 Å². The van der Waals surface area contributed by atoms with Crippen LogP contribution in [0.3, 0.4) is 0 Å². The molecule has 1 aliphatic carbocycles. The monoisotopic (exact) mass is 282 g/mol. The Hall–Kier alpha value is -2.36. The van der Waals surface area contributed by atoms with Gasteiger partial charge in [0.25, 0.3) is 5.91 Å². The van der Waals surface area contributed by atoms with Crippen LogP contribution in [-0.4, -0.2) is 23.0 Å². The first-order chi connectivity index (χ1) is 10.3. The molecule has 2 aromatic rings. The second-order valence-corrected chi connectivity index (χ2v) is 5.22. The third kappa shape index (κ3) is 3.40. The summed E-state index contributed by atoms with van der Waals surface area (Å²) < 4.78 is 6.00. The SMILES string of the molecule is O=C(N[C@H]1CCC[C@H]1Oc1ccccc1)c1ccncc1. The van der Waals surface area contributed by atoms with Gasteiger partial charge in [0.05, 0.1) is 6.04 Å². The number of benzene rings is 1. The zero-order valence-electron chi connectivity index (χ0n) is 11.7. The van der Waals surface area contributed by atoms with E-state index in [0.717, 1.165) is 25.0 Å². The molecule has 0 radical (unpaired) electrons. The van der Waals surface area contributed by atoms with Crippen molar-refractivity contribution in [1.29, 1.82) is 0 Å². The standard InChI is InChI=1S/C17H18N2O2/c20-17(13-9-11-18-12-10-13)19-15-7-4-8-16(15)21-14-5-2-1-3-6-14/h1-3,5-6,9-12,15-16H,4,7-8H2,(H,19,20)/t15-,16+/m0/s1. The van der Waals surface area contributed by atoms with Crippen molar-refractivity contribution in [3.63, 3.8) is 0 Å². The number of hydrogen-bond donors (Lipinski definition) is 1. The van der Waals surface area contributed by atoms with Crippen LogP contribution in [0.1, 0.15) is 29.6 Å². The maximum atomic E-state index is 12.2. The zero-order valence-corrected chi connectivity index (χ0v) is 11.7. The summed E-state index contributed by atoms with van der Waals surface area (Å²) in [5, 5.41) is 3.07. The Morgan fingerprint density at radius 2 is 1.86 bits per heavy atom. The van der Waals surface area contributed by atoms with Crippen LogP contribution in [-0.2, 0) is 0 Å². The summed E-state index contributed by atoms with van der Waals surface area (Å²) >= 11 is 0. The van der Waals surface area contributed by atoms with Gasteiger partial charge in [-0.1, -0.05) is 18.2 Å². The third-order valence-corrected chi connectivity index (χ3v) is 3.74. The molecule has 0 aliphatic heterocycles. The summed E-state index contributed by atoms with van der Waals surface area (Å²) in [6.07, 6.45) is 6.28. The molecule has 0 saturated heterocycles. The quantitative estimate of drug-likeness (QED) is 0.938. The zero-order chi connectivity index (χ0) is 14.5. The lowest BCUT2D eigenvalue weighted by molar-refractivity contribution is 0.0894. The van der Waals surface area contributed by atoms with Crippen LogP contribution in [0.5, 0.6) is 5.75 Å². The largest absolute Gasteiger partial charge is 0.488 e. The van der Waals surface area contributed by atoms with Crippen molar-refractivity contribution in [3.8, 4) is 5.75 Å². The number of nitrogens with one attached hydrogen (secondary N) is 1. The number of amides is 1. The first-order valence-corrected chi connectivity index (χ1v) is 7.25. The van der Waals surface area contributed by atoms with E-state index in [2.05, 4.69) is 10.3 Å². The predicted molar refractivity (Wildman–Crippen MR) is 80.2 cm³/mol. The number of nitrogens with zero attached hydrogens (tertiary/aromatic N) is 1. The van der Waals surface area contributed by atoms with Crippen LogP contribution in [0.25, 0.3) is 0 Å². The topological polar surface area (TPSA) is 51.2 Å². The number of hydrogen-bond acceptors (Lipinski definition) is 3. The van der Waals surface area contributed by atoms with Gasteiger partial charge in [-0.05, 0) is 43.5 Å². The van der Waals surface area contributed by atoms with E-state index in [1.807, 2.05) is 30.3 Å². The van der Waals surface area contributed by atoms with E-state index in [9.17, 15) is 4.79 Å². The van der Waals surface area contributed by atoms with Crippen molar-refractivity contribution in [2.45, 2.75) is 31.4 Å². The van der Waals surface area contributed by atoms with Gasteiger partial charge in [0.2, 0.25) is 0 Å². The average Bonchev–Trinajstić information content (AvgIpc) is 2.96. The maximum absolute atomic E-state index is 12.2. The minimum Gasteiger partial charge on any atom is -0.488 e. The highest BCUT2D eigenvalue weighted by Gasteiger charge is 2.30. The molecule has 1 aromatic heterocycles. The van der Waals surface area contributed by atoms with E-state index in [1.54, 1.807) is 24.5 Å². The predicted octanol–water partition coefficient (Wildman–Crippen LogP) is 2.81. The molecule has 1 aliphatic rings. The summed E-state index contributed by atoms with van der Waals surface area (Å²) in [4.78, 5) is 16.1. The van der Waals surface area contributed by atoms with Crippen LogP contribution in [0.2, 0.25) is 0 Å².